The minimum absolute atomic E-state index is 0.0236. The Morgan fingerprint density at radius 2 is 0.514 bits per heavy atom. The van der Waals surface area contributed by atoms with Crippen LogP contribution in [0, 0.1) is 88.4 Å². The number of aryl methyl sites for hydroxylation is 1. The quantitative estimate of drug-likeness (QED) is 0.0689. The van der Waals surface area contributed by atoms with Gasteiger partial charge >= 0.3 is 6.18 Å². The van der Waals surface area contributed by atoms with Gasteiger partial charge in [-0.3, -0.25) is 0 Å². The van der Waals surface area contributed by atoms with Crippen LogP contribution < -0.4 is 0 Å². The highest BCUT2D eigenvalue weighted by Gasteiger charge is 2.41. The molecule has 0 N–H and O–H groups in total. The summed E-state index contributed by atoms with van der Waals surface area (Å²) in [7, 11) is -21.0. The van der Waals surface area contributed by atoms with E-state index in [4.69, 9.17) is 0 Å². The van der Waals surface area contributed by atoms with Crippen molar-refractivity contribution in [1.29, 1.82) is 0 Å². The molecule has 12 rings (SSSR count). The number of hydrogen-bond acceptors (Lipinski definition) is 8. The van der Waals surface area contributed by atoms with Crippen molar-refractivity contribution in [3.8, 4) is 0 Å². The Morgan fingerprint density at radius 1 is 0.243 bits per heavy atom. The van der Waals surface area contributed by atoms with Gasteiger partial charge in [0.15, 0.2) is 103 Å². The summed E-state index contributed by atoms with van der Waals surface area (Å²) in [6, 6.07) is 49.6. The van der Waals surface area contributed by atoms with Crippen LogP contribution in [0.1, 0.15) is 11.1 Å². The first-order valence-corrected chi connectivity index (χ1v) is 43.9. The molecule has 578 valence electrons. The highest BCUT2D eigenvalue weighted by atomic mass is 32.2. The van der Waals surface area contributed by atoms with Crippen molar-refractivity contribution in [2.75, 3.05) is 25.0 Å². The fourth-order valence-corrected chi connectivity index (χ4v) is 22.3. The lowest BCUT2D eigenvalue weighted by atomic mass is 10.1. The standard InChI is InChI=1S/C22H20F3O4S3.C20H15F4O4S3.C18H9F6S.C18H11F4S/c1-15-10-16(22(23,24)25)12-19(11-15)30(17-6-4-8-20(13-17)31(2,26)27)18-7-5-9-21(14-18)32(3,28)29;1-30(25,26)19-15(21)8-13(9-16(19)22)29(12-6-4-3-5-7-12)14-10-17(23)20(18(24)11-14)31(2,27)28;19-10-1-4-16(13(22)7-10)25(17-5-2-11(20)8-14(17)23)18-6-3-12(21)9-15(18)24;19-12-6-8-17(15(21)10-12)23(14-4-2-1-3-5-14)18-9-7-13(20)11-16(18)22/h4-14H,1-3H3;3-11H,1-2H3;1-9H;1-11H/q4*+1. The number of halogens is 17. The topological polar surface area (TPSA) is 137 Å². The van der Waals surface area contributed by atoms with Gasteiger partial charge in [-0.25, -0.2) is 95.1 Å². The number of benzene rings is 12. The summed E-state index contributed by atoms with van der Waals surface area (Å²) in [5.74, 6) is -14.0. The normalized spacial score (nSPS) is 11.9. The summed E-state index contributed by atoms with van der Waals surface area (Å²) in [6.07, 6.45) is -1.18. The molecule has 0 saturated heterocycles. The molecule has 8 nitrogen and oxygen atoms in total. The van der Waals surface area contributed by atoms with Gasteiger partial charge in [0.25, 0.3) is 0 Å². The summed E-state index contributed by atoms with van der Waals surface area (Å²) in [4.78, 5) is -0.343. The Kier molecular flexibility index (Phi) is 27.1. The van der Waals surface area contributed by atoms with E-state index >= 15 is 0 Å². The summed E-state index contributed by atoms with van der Waals surface area (Å²) in [6.45, 7) is 1.54. The molecule has 0 radical (unpaired) electrons. The molecule has 0 spiro atoms. The van der Waals surface area contributed by atoms with Gasteiger partial charge in [0.1, 0.15) is 83.9 Å². The molecule has 0 unspecified atom stereocenters. The van der Waals surface area contributed by atoms with Crippen LogP contribution in [-0.4, -0.2) is 58.7 Å². The van der Waals surface area contributed by atoms with Crippen LogP contribution in [0.2, 0.25) is 0 Å². The first kappa shape index (κ1) is 85.6. The number of rotatable bonds is 16. The van der Waals surface area contributed by atoms with E-state index in [2.05, 4.69) is 0 Å². The van der Waals surface area contributed by atoms with Gasteiger partial charge < -0.3 is 0 Å². The third-order valence-electron chi connectivity index (χ3n) is 15.2. The van der Waals surface area contributed by atoms with E-state index in [0.717, 1.165) is 110 Å². The fourth-order valence-electron chi connectivity index (χ4n) is 10.6. The SMILES string of the molecule is CS(=O)(=O)c1c(F)cc([S+](c2ccccc2)c2cc(F)c(S(C)(=O)=O)c(F)c2)cc1F.Cc1cc([S+](c2cccc(S(C)(=O)=O)c2)c2cccc(S(C)(=O)=O)c2)cc(C(F)(F)F)c1.Fc1ccc([S+](c2ccc(F)cc2F)c2ccc(F)cc2F)c(F)c1.Fc1ccc([S+](c2ccccc2)c2ccc(F)cc2F)c(F)c1. The minimum atomic E-state index is -4.57. The molecular weight excluding hydrogens is 1640 g/mol. The maximum atomic E-state index is 14.5. The second-order valence-electron chi connectivity index (χ2n) is 23.7. The lowest BCUT2D eigenvalue weighted by Gasteiger charge is -2.13. The van der Waals surface area contributed by atoms with Crippen molar-refractivity contribution in [1.82, 2.24) is 0 Å². The molecule has 111 heavy (non-hydrogen) atoms. The van der Waals surface area contributed by atoms with Crippen LogP contribution in [0.25, 0.3) is 0 Å². The van der Waals surface area contributed by atoms with Crippen LogP contribution >= 0.6 is 0 Å². The van der Waals surface area contributed by atoms with Crippen molar-refractivity contribution in [3.63, 3.8) is 0 Å². The van der Waals surface area contributed by atoms with Gasteiger partial charge in [-0.15, -0.1) is 0 Å². The van der Waals surface area contributed by atoms with Crippen LogP contribution in [-0.2, 0) is 89.1 Å². The Hall–Kier alpha value is -9.35. The van der Waals surface area contributed by atoms with Gasteiger partial charge in [0.05, 0.1) is 37.1 Å². The molecule has 12 aromatic carbocycles. The second kappa shape index (κ2) is 35.1. The van der Waals surface area contributed by atoms with E-state index in [1.54, 1.807) is 85.8 Å². The van der Waals surface area contributed by atoms with E-state index in [0.29, 0.717) is 60.8 Å². The van der Waals surface area contributed by atoms with Crippen LogP contribution in [0.4, 0.5) is 74.6 Å². The Morgan fingerprint density at radius 3 is 0.793 bits per heavy atom. The summed E-state index contributed by atoms with van der Waals surface area (Å²) in [5.41, 5.74) is -0.450. The zero-order valence-electron chi connectivity index (χ0n) is 57.6. The lowest BCUT2D eigenvalue weighted by molar-refractivity contribution is -0.137. The van der Waals surface area contributed by atoms with Crippen molar-refractivity contribution in [2.45, 2.75) is 91.4 Å². The lowest BCUT2D eigenvalue weighted by Crippen LogP contribution is -2.12. The highest BCUT2D eigenvalue weighted by Crippen LogP contribution is 2.42. The zero-order valence-corrected chi connectivity index (χ0v) is 64.1. The molecule has 0 saturated carbocycles. The number of alkyl halides is 3. The zero-order chi connectivity index (χ0) is 81.6. The molecule has 0 aromatic heterocycles. The van der Waals surface area contributed by atoms with Crippen molar-refractivity contribution < 1.29 is 108 Å². The Labute approximate surface area is 638 Å². The van der Waals surface area contributed by atoms with Crippen LogP contribution in [0.15, 0.2) is 321 Å². The number of sulfone groups is 4. The maximum Gasteiger partial charge on any atom is 0.416 e. The first-order valence-electron chi connectivity index (χ1n) is 31.4. The number of hydrogen-bond donors (Lipinski definition) is 0. The molecule has 12 aromatic rings. The minimum Gasteiger partial charge on any atom is -0.224 e. The smallest absolute Gasteiger partial charge is 0.224 e. The van der Waals surface area contributed by atoms with Crippen molar-refractivity contribution in [3.05, 3.63) is 335 Å². The maximum absolute atomic E-state index is 14.5. The Balaban J connectivity index is 0.000000171. The average Bonchev–Trinajstić information content (AvgIpc) is 0.779. The molecule has 0 amide bonds. The van der Waals surface area contributed by atoms with Gasteiger partial charge in [-0.2, -0.15) is 13.2 Å². The van der Waals surface area contributed by atoms with Crippen LogP contribution in [0.3, 0.4) is 0 Å². The summed E-state index contributed by atoms with van der Waals surface area (Å²) >= 11 is 0. The molecule has 0 aliphatic carbocycles. The predicted octanol–water partition coefficient (Wildman–Crippen LogP) is 20.0. The fraction of sp³-hybridized carbons (Fsp3) is 0.0769. The molecule has 0 aliphatic heterocycles. The highest BCUT2D eigenvalue weighted by molar-refractivity contribution is 7.98. The second-order valence-corrected chi connectivity index (χ2v) is 39.6. The van der Waals surface area contributed by atoms with Crippen LogP contribution in [0.5, 0.6) is 0 Å². The van der Waals surface area contributed by atoms with Gasteiger partial charge in [0.2, 0.25) is 24.5 Å². The van der Waals surface area contributed by atoms with E-state index in [9.17, 15) is 108 Å². The van der Waals surface area contributed by atoms with Crippen molar-refractivity contribution in [2.24, 2.45) is 0 Å². The molecule has 0 atom stereocenters. The monoisotopic (exact) mass is 1700 g/mol. The van der Waals surface area contributed by atoms with Gasteiger partial charge in [0, 0.05) is 128 Å². The van der Waals surface area contributed by atoms with Gasteiger partial charge in [-0.05, 0) is 103 Å². The van der Waals surface area contributed by atoms with E-state index < -0.39 is 186 Å². The third kappa shape index (κ3) is 21.5. The largest absolute Gasteiger partial charge is 0.416 e. The Bertz CT molecular complexity index is 5590. The average molecular weight is 1700 g/mol. The molecule has 33 heteroatoms. The molecule has 0 heterocycles. The summed E-state index contributed by atoms with van der Waals surface area (Å²) < 4.78 is 331. The van der Waals surface area contributed by atoms with E-state index in [-0.39, 0.29) is 44.1 Å². The van der Waals surface area contributed by atoms with Gasteiger partial charge in [-0.1, -0.05) is 48.5 Å². The summed E-state index contributed by atoms with van der Waals surface area (Å²) in [5, 5.41) is 0. The molecular formula is C78H55F17O8S8+4. The van der Waals surface area contributed by atoms with E-state index in [1.165, 1.54) is 48.5 Å². The molecule has 0 aliphatic rings. The molecule has 0 bridgehead atoms. The first-order chi connectivity index (χ1) is 51.9. The van der Waals surface area contributed by atoms with Crippen molar-refractivity contribution >= 4 is 82.9 Å². The molecule has 0 fully saturated rings. The van der Waals surface area contributed by atoms with E-state index in [1.807, 2.05) is 0 Å². The third-order valence-corrected chi connectivity index (χ3v) is 28.6. The predicted molar refractivity (Wildman–Crippen MR) is 388 cm³/mol.